The third-order valence-electron chi connectivity index (χ3n) is 3.65. The molecule has 9 nitrogen and oxygen atoms in total. The summed E-state index contributed by atoms with van der Waals surface area (Å²) in [6.07, 6.45) is -4.70. The standard InChI is InChI=1S/C14H12N4O3.C2HF3O2/c1-20-9-3-2-6-4-7-10(16)8(5-15)13(17)18-14(7)21-12(6)11(9)19;3-2(4,5)1(6)7/h2-3,19H,4H2,1H3,(H4,16,17,18);(H,6,7). The van der Waals surface area contributed by atoms with Gasteiger partial charge in [0, 0.05) is 17.5 Å². The van der Waals surface area contributed by atoms with Gasteiger partial charge >= 0.3 is 12.1 Å². The van der Waals surface area contributed by atoms with Crippen molar-refractivity contribution < 1.29 is 37.7 Å². The number of nitriles is 1. The van der Waals surface area contributed by atoms with E-state index in [2.05, 4.69) is 4.98 Å². The number of phenolic OH excluding ortho intramolecular Hbond substituents is 1. The van der Waals surface area contributed by atoms with Crippen molar-refractivity contribution in [2.45, 2.75) is 12.6 Å². The van der Waals surface area contributed by atoms with Gasteiger partial charge in [-0.1, -0.05) is 6.07 Å². The summed E-state index contributed by atoms with van der Waals surface area (Å²) in [5.74, 6) is -2.11. The van der Waals surface area contributed by atoms with Crippen LogP contribution in [-0.2, 0) is 11.2 Å². The molecule has 1 aromatic carbocycles. The number of rotatable bonds is 1. The van der Waals surface area contributed by atoms with Crippen LogP contribution < -0.4 is 20.9 Å². The van der Waals surface area contributed by atoms with Crippen LogP contribution in [0.4, 0.5) is 24.7 Å². The molecule has 1 aliphatic rings. The minimum atomic E-state index is -5.08. The highest BCUT2D eigenvalue weighted by Crippen LogP contribution is 2.47. The molecule has 0 spiro atoms. The summed E-state index contributed by atoms with van der Waals surface area (Å²) in [5.41, 5.74) is 13.3. The van der Waals surface area contributed by atoms with Gasteiger partial charge in [0.05, 0.1) is 12.8 Å². The number of carbonyl (C=O) groups is 1. The van der Waals surface area contributed by atoms with Crippen molar-refractivity contribution in [3.8, 4) is 29.2 Å². The number of nitrogens with zero attached hydrogens (tertiary/aromatic N) is 2. The highest BCUT2D eigenvalue weighted by molar-refractivity contribution is 5.73. The van der Waals surface area contributed by atoms with E-state index in [1.807, 2.05) is 6.07 Å². The maximum Gasteiger partial charge on any atom is 0.490 e. The predicted molar refractivity (Wildman–Crippen MR) is 89.0 cm³/mol. The lowest BCUT2D eigenvalue weighted by atomic mass is 9.98. The van der Waals surface area contributed by atoms with Crippen molar-refractivity contribution in [3.63, 3.8) is 0 Å². The first-order valence-electron chi connectivity index (χ1n) is 7.35. The summed E-state index contributed by atoms with van der Waals surface area (Å²) in [6, 6.07) is 5.33. The zero-order valence-corrected chi connectivity index (χ0v) is 14.2. The lowest BCUT2D eigenvalue weighted by Gasteiger charge is -2.22. The van der Waals surface area contributed by atoms with Crippen molar-refractivity contribution >= 4 is 17.5 Å². The molecule has 0 bridgehead atoms. The number of aromatic hydroxyl groups is 1. The number of aromatic nitrogens is 1. The van der Waals surface area contributed by atoms with Crippen LogP contribution in [0.3, 0.4) is 0 Å². The molecule has 0 atom stereocenters. The number of phenols is 1. The van der Waals surface area contributed by atoms with Gasteiger partial charge in [0.1, 0.15) is 17.5 Å². The van der Waals surface area contributed by atoms with E-state index in [-0.39, 0.29) is 34.4 Å². The van der Waals surface area contributed by atoms with Crippen LogP contribution in [0.25, 0.3) is 0 Å². The van der Waals surface area contributed by atoms with Gasteiger partial charge in [-0.3, -0.25) is 0 Å². The molecule has 6 N–H and O–H groups in total. The number of methoxy groups -OCH3 is 1. The first kappa shape index (κ1) is 20.4. The average molecular weight is 398 g/mol. The Bertz CT molecular complexity index is 986. The molecular formula is C16H13F3N4O5. The van der Waals surface area contributed by atoms with Gasteiger partial charge in [-0.05, 0) is 6.07 Å². The van der Waals surface area contributed by atoms with Crippen molar-refractivity contribution in [2.75, 3.05) is 18.6 Å². The number of aliphatic carboxylic acids is 1. The number of hydrogen-bond donors (Lipinski definition) is 4. The number of nitrogens with two attached hydrogens (primary N) is 2. The molecule has 0 radical (unpaired) electrons. The molecule has 28 heavy (non-hydrogen) atoms. The molecular weight excluding hydrogens is 385 g/mol. The fourth-order valence-corrected chi connectivity index (χ4v) is 2.31. The molecule has 2 aromatic rings. The van der Waals surface area contributed by atoms with Crippen molar-refractivity contribution in [1.82, 2.24) is 4.98 Å². The van der Waals surface area contributed by atoms with Crippen molar-refractivity contribution in [1.29, 1.82) is 5.26 Å². The smallest absolute Gasteiger partial charge is 0.490 e. The van der Waals surface area contributed by atoms with E-state index in [0.717, 1.165) is 5.56 Å². The van der Waals surface area contributed by atoms with Crippen LogP contribution in [-0.4, -0.2) is 34.5 Å². The number of fused-ring (bicyclic) bond motifs is 2. The number of benzene rings is 1. The zero-order chi connectivity index (χ0) is 21.2. The Morgan fingerprint density at radius 2 is 2.00 bits per heavy atom. The SMILES string of the molecule is COc1ccc2c(c1O)Oc1nc(N)c(C#N)c(N)c1C2.O=C(O)C(F)(F)F. The van der Waals surface area contributed by atoms with Crippen LogP contribution in [0.2, 0.25) is 0 Å². The molecule has 0 saturated carbocycles. The number of pyridine rings is 1. The number of carboxylic acids is 1. The van der Waals surface area contributed by atoms with Crippen molar-refractivity contribution in [2.24, 2.45) is 0 Å². The van der Waals surface area contributed by atoms with E-state index >= 15 is 0 Å². The maximum atomic E-state index is 10.6. The topological polar surface area (TPSA) is 165 Å². The van der Waals surface area contributed by atoms with Crippen molar-refractivity contribution in [3.05, 3.63) is 28.8 Å². The van der Waals surface area contributed by atoms with Gasteiger partial charge < -0.3 is 31.2 Å². The van der Waals surface area contributed by atoms with Gasteiger partial charge in [0.15, 0.2) is 11.5 Å². The van der Waals surface area contributed by atoms with Crippen LogP contribution in [0.15, 0.2) is 12.1 Å². The summed E-state index contributed by atoms with van der Waals surface area (Å²) in [7, 11) is 1.45. The summed E-state index contributed by atoms with van der Waals surface area (Å²) in [5, 5.41) is 26.3. The van der Waals surface area contributed by atoms with Gasteiger partial charge in [0.25, 0.3) is 0 Å². The highest BCUT2D eigenvalue weighted by atomic mass is 19.4. The molecule has 0 aliphatic carbocycles. The van der Waals surface area contributed by atoms with E-state index < -0.39 is 12.1 Å². The Morgan fingerprint density at radius 1 is 1.39 bits per heavy atom. The molecule has 3 rings (SSSR count). The molecule has 0 amide bonds. The summed E-state index contributed by atoms with van der Waals surface area (Å²) in [4.78, 5) is 12.9. The number of hydrogen-bond acceptors (Lipinski definition) is 8. The lowest BCUT2D eigenvalue weighted by molar-refractivity contribution is -0.192. The molecule has 0 saturated heterocycles. The summed E-state index contributed by atoms with van der Waals surface area (Å²) in [6.45, 7) is 0. The van der Waals surface area contributed by atoms with Gasteiger partial charge in [0.2, 0.25) is 11.6 Å². The first-order chi connectivity index (χ1) is 13.0. The minimum absolute atomic E-state index is 0.000383. The van der Waals surface area contributed by atoms with Crippen LogP contribution in [0.1, 0.15) is 16.7 Å². The maximum absolute atomic E-state index is 10.6. The Balaban J connectivity index is 0.000000345. The van der Waals surface area contributed by atoms with Crippen LogP contribution in [0, 0.1) is 11.3 Å². The fourth-order valence-electron chi connectivity index (χ4n) is 2.31. The molecule has 0 fully saturated rings. The van der Waals surface area contributed by atoms with E-state index in [9.17, 15) is 18.3 Å². The Kier molecular flexibility index (Phi) is 5.39. The second kappa shape index (κ2) is 7.39. The fraction of sp³-hybridized carbons (Fsp3) is 0.188. The summed E-state index contributed by atoms with van der Waals surface area (Å²) >= 11 is 0. The third-order valence-corrected chi connectivity index (χ3v) is 3.65. The van der Waals surface area contributed by atoms with Gasteiger partial charge in [-0.2, -0.15) is 23.4 Å². The van der Waals surface area contributed by atoms with E-state index in [1.165, 1.54) is 7.11 Å². The molecule has 12 heteroatoms. The number of carboxylic acid groups (broad SMARTS) is 1. The molecule has 0 unspecified atom stereocenters. The van der Waals surface area contributed by atoms with Crippen LogP contribution >= 0.6 is 0 Å². The van der Waals surface area contributed by atoms with Crippen LogP contribution in [0.5, 0.6) is 23.1 Å². The minimum Gasteiger partial charge on any atom is -0.502 e. The average Bonchev–Trinajstić information content (AvgIpc) is 2.61. The quantitative estimate of drug-likeness (QED) is 0.480. The van der Waals surface area contributed by atoms with Gasteiger partial charge in [-0.25, -0.2) is 4.79 Å². The number of ether oxygens (including phenoxy) is 2. The van der Waals surface area contributed by atoms with Gasteiger partial charge in [-0.15, -0.1) is 0 Å². The molecule has 1 aromatic heterocycles. The number of halogens is 3. The largest absolute Gasteiger partial charge is 0.502 e. The second-order valence-electron chi connectivity index (χ2n) is 5.37. The van der Waals surface area contributed by atoms with E-state index in [1.54, 1.807) is 12.1 Å². The number of anilines is 2. The Morgan fingerprint density at radius 3 is 2.50 bits per heavy atom. The Labute approximate surface area is 155 Å². The Hall–Kier alpha value is -3.88. The first-order valence-corrected chi connectivity index (χ1v) is 7.35. The normalized spacial score (nSPS) is 11.7. The zero-order valence-electron chi connectivity index (χ0n) is 14.2. The summed E-state index contributed by atoms with van der Waals surface area (Å²) < 4.78 is 42.4. The lowest BCUT2D eigenvalue weighted by Crippen LogP contribution is -2.21. The van der Waals surface area contributed by atoms with E-state index in [0.29, 0.717) is 17.7 Å². The number of nitrogen functional groups attached to an aromatic ring is 2. The molecule has 148 valence electrons. The van der Waals surface area contributed by atoms with E-state index in [4.69, 9.17) is 36.1 Å². The second-order valence-corrected chi connectivity index (χ2v) is 5.37. The third kappa shape index (κ3) is 3.78. The monoisotopic (exact) mass is 398 g/mol. The highest BCUT2D eigenvalue weighted by Gasteiger charge is 2.38. The number of alkyl halides is 3. The predicted octanol–water partition coefficient (Wildman–Crippen LogP) is 2.16. The molecule has 1 aliphatic heterocycles. The molecule has 2 heterocycles.